The normalized spacial score (nSPS) is 20.5. The SMILES string of the molecule is COCC1CCN(CCC(CN)CC(C)C)CC1. The van der Waals surface area contributed by atoms with Crippen molar-refractivity contribution in [3.8, 4) is 0 Å². The van der Waals surface area contributed by atoms with Crippen molar-refractivity contribution in [2.45, 2.75) is 39.5 Å². The second kappa shape index (κ2) is 8.89. The first-order valence-electron chi connectivity index (χ1n) is 7.57. The van der Waals surface area contributed by atoms with Crippen molar-refractivity contribution >= 4 is 0 Å². The van der Waals surface area contributed by atoms with E-state index in [0.717, 1.165) is 25.0 Å². The summed E-state index contributed by atoms with van der Waals surface area (Å²) < 4.78 is 5.24. The van der Waals surface area contributed by atoms with Crippen LogP contribution < -0.4 is 5.73 Å². The van der Waals surface area contributed by atoms with E-state index in [4.69, 9.17) is 10.5 Å². The minimum absolute atomic E-state index is 0.710. The maximum absolute atomic E-state index is 5.86. The molecule has 0 aromatic carbocycles. The molecule has 1 atom stereocenters. The predicted octanol–water partition coefficient (Wildman–Crippen LogP) is 2.36. The number of ether oxygens (including phenoxy) is 1. The molecule has 0 amide bonds. The molecule has 0 saturated carbocycles. The van der Waals surface area contributed by atoms with Gasteiger partial charge >= 0.3 is 0 Å². The van der Waals surface area contributed by atoms with Gasteiger partial charge in [0, 0.05) is 13.7 Å². The Balaban J connectivity index is 2.16. The van der Waals surface area contributed by atoms with Gasteiger partial charge in [0.2, 0.25) is 0 Å². The van der Waals surface area contributed by atoms with Gasteiger partial charge in [0.25, 0.3) is 0 Å². The van der Waals surface area contributed by atoms with E-state index in [-0.39, 0.29) is 0 Å². The maximum Gasteiger partial charge on any atom is 0.0491 e. The van der Waals surface area contributed by atoms with Crippen LogP contribution >= 0.6 is 0 Å². The number of rotatable bonds is 8. The van der Waals surface area contributed by atoms with Crippen LogP contribution in [-0.4, -0.2) is 44.8 Å². The van der Waals surface area contributed by atoms with Gasteiger partial charge < -0.3 is 15.4 Å². The molecule has 0 bridgehead atoms. The number of hydrogen-bond acceptors (Lipinski definition) is 3. The summed E-state index contributed by atoms with van der Waals surface area (Å²) in [5.41, 5.74) is 5.86. The standard InChI is InChI=1S/C15H32N2O/c1-13(2)10-15(11-16)6-9-17-7-4-14(5-8-17)12-18-3/h13-15H,4-12,16H2,1-3H3. The number of piperidine rings is 1. The third-order valence-electron chi connectivity index (χ3n) is 4.10. The topological polar surface area (TPSA) is 38.5 Å². The predicted molar refractivity (Wildman–Crippen MR) is 77.7 cm³/mol. The van der Waals surface area contributed by atoms with E-state index >= 15 is 0 Å². The molecule has 3 heteroatoms. The first-order valence-corrected chi connectivity index (χ1v) is 7.57. The first kappa shape index (κ1) is 15.9. The van der Waals surface area contributed by atoms with Gasteiger partial charge in [-0.15, -0.1) is 0 Å². The fourth-order valence-corrected chi connectivity index (χ4v) is 2.98. The largest absolute Gasteiger partial charge is 0.384 e. The molecule has 1 heterocycles. The zero-order chi connectivity index (χ0) is 13.4. The molecule has 1 fully saturated rings. The van der Waals surface area contributed by atoms with Gasteiger partial charge in [0.15, 0.2) is 0 Å². The van der Waals surface area contributed by atoms with Gasteiger partial charge in [-0.3, -0.25) is 0 Å². The van der Waals surface area contributed by atoms with Gasteiger partial charge in [-0.25, -0.2) is 0 Å². The Morgan fingerprint density at radius 3 is 2.44 bits per heavy atom. The highest BCUT2D eigenvalue weighted by atomic mass is 16.5. The van der Waals surface area contributed by atoms with Crippen LogP contribution in [0.1, 0.15) is 39.5 Å². The van der Waals surface area contributed by atoms with E-state index in [1.165, 1.54) is 45.3 Å². The monoisotopic (exact) mass is 256 g/mol. The maximum atomic E-state index is 5.86. The van der Waals surface area contributed by atoms with Crippen LogP contribution in [0.5, 0.6) is 0 Å². The third-order valence-corrected chi connectivity index (χ3v) is 4.10. The van der Waals surface area contributed by atoms with E-state index in [2.05, 4.69) is 18.7 Å². The zero-order valence-electron chi connectivity index (χ0n) is 12.5. The summed E-state index contributed by atoms with van der Waals surface area (Å²) >= 11 is 0. The molecule has 0 radical (unpaired) electrons. The summed E-state index contributed by atoms with van der Waals surface area (Å²) in [6.45, 7) is 10.1. The lowest BCUT2D eigenvalue weighted by molar-refractivity contribution is 0.0966. The molecule has 18 heavy (non-hydrogen) atoms. The van der Waals surface area contributed by atoms with Crippen LogP contribution in [0.4, 0.5) is 0 Å². The summed E-state index contributed by atoms with van der Waals surface area (Å²) in [6, 6.07) is 0. The van der Waals surface area contributed by atoms with Crippen LogP contribution in [0.3, 0.4) is 0 Å². The van der Waals surface area contributed by atoms with Crippen molar-refractivity contribution in [3.63, 3.8) is 0 Å². The van der Waals surface area contributed by atoms with Crippen molar-refractivity contribution in [1.29, 1.82) is 0 Å². The highest BCUT2D eigenvalue weighted by Crippen LogP contribution is 2.20. The lowest BCUT2D eigenvalue weighted by Crippen LogP contribution is -2.36. The number of nitrogens with two attached hydrogens (primary N) is 1. The quantitative estimate of drug-likeness (QED) is 0.724. The summed E-state index contributed by atoms with van der Waals surface area (Å²) in [7, 11) is 1.81. The average molecular weight is 256 g/mol. The van der Waals surface area contributed by atoms with Crippen molar-refractivity contribution < 1.29 is 4.74 Å². The Labute approximate surface area is 113 Å². The molecule has 2 N–H and O–H groups in total. The van der Waals surface area contributed by atoms with E-state index in [1.807, 2.05) is 7.11 Å². The van der Waals surface area contributed by atoms with Crippen molar-refractivity contribution in [2.75, 3.05) is 39.9 Å². The molecule has 108 valence electrons. The molecular formula is C15H32N2O. The van der Waals surface area contributed by atoms with E-state index in [0.29, 0.717) is 5.92 Å². The molecule has 1 saturated heterocycles. The van der Waals surface area contributed by atoms with Crippen LogP contribution in [0.15, 0.2) is 0 Å². The Bertz CT molecular complexity index is 201. The molecule has 1 aliphatic rings. The van der Waals surface area contributed by atoms with Gasteiger partial charge in [-0.2, -0.15) is 0 Å². The van der Waals surface area contributed by atoms with E-state index in [1.54, 1.807) is 0 Å². The second-order valence-electron chi connectivity index (χ2n) is 6.26. The molecule has 0 spiro atoms. The highest BCUT2D eigenvalue weighted by molar-refractivity contribution is 4.73. The Morgan fingerprint density at radius 1 is 1.28 bits per heavy atom. The minimum atomic E-state index is 0.710. The molecule has 0 aromatic heterocycles. The number of methoxy groups -OCH3 is 1. The fraction of sp³-hybridized carbons (Fsp3) is 1.00. The molecule has 3 nitrogen and oxygen atoms in total. The first-order chi connectivity index (χ1) is 8.65. The highest BCUT2D eigenvalue weighted by Gasteiger charge is 2.19. The summed E-state index contributed by atoms with van der Waals surface area (Å²) in [5, 5.41) is 0. The van der Waals surface area contributed by atoms with Gasteiger partial charge in [-0.1, -0.05) is 13.8 Å². The van der Waals surface area contributed by atoms with E-state index < -0.39 is 0 Å². The van der Waals surface area contributed by atoms with Crippen molar-refractivity contribution in [1.82, 2.24) is 4.90 Å². The smallest absolute Gasteiger partial charge is 0.0491 e. The van der Waals surface area contributed by atoms with Crippen LogP contribution in [-0.2, 0) is 4.74 Å². The molecule has 1 aliphatic heterocycles. The van der Waals surface area contributed by atoms with Crippen molar-refractivity contribution in [2.24, 2.45) is 23.5 Å². The lowest BCUT2D eigenvalue weighted by Gasteiger charge is -2.32. The fourth-order valence-electron chi connectivity index (χ4n) is 2.98. The second-order valence-corrected chi connectivity index (χ2v) is 6.26. The van der Waals surface area contributed by atoms with E-state index in [9.17, 15) is 0 Å². The Hall–Kier alpha value is -0.120. The average Bonchev–Trinajstić information content (AvgIpc) is 2.36. The Morgan fingerprint density at radius 2 is 1.94 bits per heavy atom. The van der Waals surface area contributed by atoms with Crippen LogP contribution in [0.2, 0.25) is 0 Å². The van der Waals surface area contributed by atoms with Crippen LogP contribution in [0.25, 0.3) is 0 Å². The van der Waals surface area contributed by atoms with Gasteiger partial charge in [0.05, 0.1) is 0 Å². The summed E-state index contributed by atoms with van der Waals surface area (Å²) in [4.78, 5) is 2.61. The molecule has 1 rings (SSSR count). The Kier molecular flexibility index (Phi) is 7.87. The molecule has 1 unspecified atom stereocenters. The number of hydrogen-bond donors (Lipinski definition) is 1. The van der Waals surface area contributed by atoms with Crippen LogP contribution in [0, 0.1) is 17.8 Å². The van der Waals surface area contributed by atoms with Crippen molar-refractivity contribution in [3.05, 3.63) is 0 Å². The van der Waals surface area contributed by atoms with Gasteiger partial charge in [-0.05, 0) is 69.6 Å². The molecule has 0 aliphatic carbocycles. The zero-order valence-corrected chi connectivity index (χ0v) is 12.5. The minimum Gasteiger partial charge on any atom is -0.384 e. The molecule has 0 aromatic rings. The number of likely N-dealkylation sites (tertiary alicyclic amines) is 1. The van der Waals surface area contributed by atoms with Gasteiger partial charge in [0.1, 0.15) is 0 Å². The summed E-state index contributed by atoms with van der Waals surface area (Å²) in [6.07, 6.45) is 5.14. The lowest BCUT2D eigenvalue weighted by atomic mass is 9.93. The number of nitrogens with zero attached hydrogens (tertiary/aromatic N) is 1. The third kappa shape index (κ3) is 6.17. The molecular weight excluding hydrogens is 224 g/mol. The summed E-state index contributed by atoms with van der Waals surface area (Å²) in [5.74, 6) is 2.26.